The van der Waals surface area contributed by atoms with Gasteiger partial charge < -0.3 is 5.73 Å². The van der Waals surface area contributed by atoms with E-state index in [0.717, 1.165) is 12.0 Å². The summed E-state index contributed by atoms with van der Waals surface area (Å²) in [5.74, 6) is 0.376. The summed E-state index contributed by atoms with van der Waals surface area (Å²) in [7, 11) is 0. The molecular weight excluding hydrogens is 268 g/mol. The Morgan fingerprint density at radius 2 is 2.26 bits per heavy atom. The van der Waals surface area contributed by atoms with Crippen molar-refractivity contribution in [2.24, 2.45) is 0 Å². The number of H-pyrrole nitrogens is 1. The molecule has 0 fully saturated rings. The first-order valence-electron chi connectivity index (χ1n) is 5.81. The number of benzene rings is 1. The van der Waals surface area contributed by atoms with Crippen molar-refractivity contribution >= 4 is 23.1 Å². The maximum absolute atomic E-state index is 11.1. The number of rotatable bonds is 4. The van der Waals surface area contributed by atoms with Gasteiger partial charge in [-0.05, 0) is 18.6 Å². The molecule has 0 bridgehead atoms. The van der Waals surface area contributed by atoms with Crippen LogP contribution in [-0.2, 0) is 6.42 Å². The normalized spacial score (nSPS) is 10.6. The van der Waals surface area contributed by atoms with Crippen molar-refractivity contribution in [2.75, 3.05) is 5.73 Å². The molecule has 0 spiro atoms. The van der Waals surface area contributed by atoms with Gasteiger partial charge in [-0.2, -0.15) is 5.10 Å². The van der Waals surface area contributed by atoms with Crippen molar-refractivity contribution in [2.45, 2.75) is 19.8 Å². The molecule has 0 unspecified atom stereocenters. The Morgan fingerprint density at radius 1 is 1.53 bits per heavy atom. The Labute approximate surface area is 114 Å². The number of nitro benzene ring substituents is 1. The molecule has 0 radical (unpaired) electrons. The molecule has 0 saturated carbocycles. The number of nitro groups is 1. The highest BCUT2D eigenvalue weighted by Crippen LogP contribution is 2.35. The highest BCUT2D eigenvalue weighted by atomic mass is 35.5. The lowest BCUT2D eigenvalue weighted by molar-refractivity contribution is -0.384. The predicted octanol–water partition coefficient (Wildman–Crippen LogP) is 3.17. The Hall–Kier alpha value is -2.08. The summed E-state index contributed by atoms with van der Waals surface area (Å²) >= 11 is 5.80. The van der Waals surface area contributed by atoms with Gasteiger partial charge in [0.25, 0.3) is 5.69 Å². The van der Waals surface area contributed by atoms with Crippen molar-refractivity contribution in [3.8, 4) is 11.3 Å². The molecule has 3 N–H and O–H groups in total. The number of halogens is 1. The molecule has 0 amide bonds. The molecule has 19 heavy (non-hydrogen) atoms. The van der Waals surface area contributed by atoms with Gasteiger partial charge in [0.2, 0.25) is 0 Å². The van der Waals surface area contributed by atoms with Crippen molar-refractivity contribution in [3.63, 3.8) is 0 Å². The third-order valence-corrected chi connectivity index (χ3v) is 3.06. The molecule has 1 aromatic carbocycles. The van der Waals surface area contributed by atoms with Crippen LogP contribution in [-0.4, -0.2) is 15.1 Å². The Morgan fingerprint density at radius 3 is 2.89 bits per heavy atom. The Bertz CT molecular complexity index is 624. The van der Waals surface area contributed by atoms with E-state index in [9.17, 15) is 10.1 Å². The highest BCUT2D eigenvalue weighted by Gasteiger charge is 2.21. The van der Waals surface area contributed by atoms with E-state index in [0.29, 0.717) is 28.5 Å². The second-order valence-electron chi connectivity index (χ2n) is 4.13. The van der Waals surface area contributed by atoms with Gasteiger partial charge in [0.1, 0.15) is 5.82 Å². The summed E-state index contributed by atoms with van der Waals surface area (Å²) in [5.41, 5.74) is 7.55. The molecule has 1 aromatic heterocycles. The lowest BCUT2D eigenvalue weighted by Crippen LogP contribution is -1.96. The fourth-order valence-corrected chi connectivity index (χ4v) is 2.14. The van der Waals surface area contributed by atoms with Gasteiger partial charge in [-0.15, -0.1) is 0 Å². The molecule has 0 aliphatic carbocycles. The quantitative estimate of drug-likeness (QED) is 0.664. The minimum Gasteiger partial charge on any atom is -0.382 e. The van der Waals surface area contributed by atoms with Gasteiger partial charge in [0.05, 0.1) is 16.2 Å². The maximum atomic E-state index is 11.1. The molecule has 0 aliphatic rings. The van der Waals surface area contributed by atoms with E-state index >= 15 is 0 Å². The lowest BCUT2D eigenvalue weighted by atomic mass is 10.0. The summed E-state index contributed by atoms with van der Waals surface area (Å²) in [6.07, 6.45) is 1.58. The summed E-state index contributed by atoms with van der Waals surface area (Å²) in [5, 5.41) is 18.1. The van der Waals surface area contributed by atoms with Crippen LogP contribution in [0.2, 0.25) is 5.02 Å². The van der Waals surface area contributed by atoms with Crippen LogP contribution in [0.15, 0.2) is 18.2 Å². The number of nitrogen functional groups attached to an aromatic ring is 1. The molecule has 0 aliphatic heterocycles. The smallest absolute Gasteiger partial charge is 0.280 e. The molecule has 1 heterocycles. The average Bonchev–Trinajstić information content (AvgIpc) is 2.72. The van der Waals surface area contributed by atoms with E-state index < -0.39 is 4.92 Å². The summed E-state index contributed by atoms with van der Waals surface area (Å²) in [6, 6.07) is 4.53. The third-order valence-electron chi connectivity index (χ3n) is 2.82. The largest absolute Gasteiger partial charge is 0.382 e. The van der Waals surface area contributed by atoms with E-state index in [2.05, 4.69) is 10.2 Å². The minimum atomic E-state index is -0.464. The van der Waals surface area contributed by atoms with Crippen LogP contribution in [0.1, 0.15) is 18.9 Å². The Kier molecular flexibility index (Phi) is 3.71. The van der Waals surface area contributed by atoms with Crippen LogP contribution in [0.4, 0.5) is 11.5 Å². The summed E-state index contributed by atoms with van der Waals surface area (Å²) in [4.78, 5) is 10.6. The van der Waals surface area contributed by atoms with Crippen LogP contribution in [0.25, 0.3) is 11.3 Å². The maximum Gasteiger partial charge on any atom is 0.280 e. The number of nitrogens with two attached hydrogens (primary N) is 1. The Balaban J connectivity index is 2.62. The molecular formula is C12H13ClN4O2. The standard InChI is InChI=1S/C12H13ClN4O2/c1-2-3-9-11(15-16-12(9)14)8-5-4-7(13)6-10(8)17(18)19/h4-6H,2-3H2,1H3,(H3,14,15,16). The third kappa shape index (κ3) is 2.53. The van der Waals surface area contributed by atoms with Crippen LogP contribution in [0.3, 0.4) is 0 Å². The zero-order chi connectivity index (χ0) is 14.0. The first-order valence-corrected chi connectivity index (χ1v) is 6.19. The summed E-state index contributed by atoms with van der Waals surface area (Å²) in [6.45, 7) is 2.01. The molecule has 0 saturated heterocycles. The van der Waals surface area contributed by atoms with E-state index in [1.54, 1.807) is 12.1 Å². The van der Waals surface area contributed by atoms with Gasteiger partial charge in [0.15, 0.2) is 0 Å². The fraction of sp³-hybridized carbons (Fsp3) is 0.250. The number of nitrogens with one attached hydrogen (secondary N) is 1. The van der Waals surface area contributed by atoms with Crippen molar-refractivity contribution < 1.29 is 4.92 Å². The second-order valence-corrected chi connectivity index (χ2v) is 4.57. The number of aromatic nitrogens is 2. The molecule has 0 atom stereocenters. The van der Waals surface area contributed by atoms with E-state index in [4.69, 9.17) is 17.3 Å². The topological polar surface area (TPSA) is 97.8 Å². The monoisotopic (exact) mass is 280 g/mol. The molecule has 7 heteroatoms. The minimum absolute atomic E-state index is 0.0616. The number of aromatic amines is 1. The number of hydrogen-bond acceptors (Lipinski definition) is 4. The molecule has 2 rings (SSSR count). The first kappa shape index (κ1) is 13.4. The van der Waals surface area contributed by atoms with Gasteiger partial charge in [-0.1, -0.05) is 24.9 Å². The van der Waals surface area contributed by atoms with Gasteiger partial charge in [0, 0.05) is 16.7 Å². The van der Waals surface area contributed by atoms with Crippen molar-refractivity contribution in [1.29, 1.82) is 0 Å². The molecule has 6 nitrogen and oxygen atoms in total. The molecule has 2 aromatic rings. The number of anilines is 1. The van der Waals surface area contributed by atoms with Crippen molar-refractivity contribution in [1.82, 2.24) is 10.2 Å². The SMILES string of the molecule is CCCc1c(N)n[nH]c1-c1ccc(Cl)cc1[N+](=O)[O-]. The average molecular weight is 281 g/mol. The van der Waals surface area contributed by atoms with Crippen LogP contribution < -0.4 is 5.73 Å². The predicted molar refractivity (Wildman–Crippen MR) is 74.1 cm³/mol. The lowest BCUT2D eigenvalue weighted by Gasteiger charge is -2.04. The van der Waals surface area contributed by atoms with Crippen LogP contribution >= 0.6 is 11.6 Å². The number of hydrogen-bond donors (Lipinski definition) is 2. The molecule has 100 valence electrons. The number of nitrogens with zero attached hydrogens (tertiary/aromatic N) is 2. The van der Waals surface area contributed by atoms with Gasteiger partial charge in [-0.25, -0.2) is 0 Å². The fourth-order valence-electron chi connectivity index (χ4n) is 1.97. The second kappa shape index (κ2) is 5.27. The zero-order valence-electron chi connectivity index (χ0n) is 10.3. The van der Waals surface area contributed by atoms with Crippen LogP contribution in [0, 0.1) is 10.1 Å². The van der Waals surface area contributed by atoms with Crippen LogP contribution in [0.5, 0.6) is 0 Å². The first-order chi connectivity index (χ1) is 9.04. The van der Waals surface area contributed by atoms with E-state index in [-0.39, 0.29) is 5.69 Å². The van der Waals surface area contributed by atoms with Gasteiger partial charge in [-0.3, -0.25) is 15.2 Å². The summed E-state index contributed by atoms with van der Waals surface area (Å²) < 4.78 is 0. The zero-order valence-corrected chi connectivity index (χ0v) is 11.1. The van der Waals surface area contributed by atoms with E-state index in [1.165, 1.54) is 6.07 Å². The van der Waals surface area contributed by atoms with Gasteiger partial charge >= 0.3 is 0 Å². The highest BCUT2D eigenvalue weighted by molar-refractivity contribution is 6.30. The van der Waals surface area contributed by atoms with E-state index in [1.807, 2.05) is 6.92 Å². The van der Waals surface area contributed by atoms with Crippen molar-refractivity contribution in [3.05, 3.63) is 38.9 Å².